The van der Waals surface area contributed by atoms with Gasteiger partial charge in [0.25, 0.3) is 5.56 Å². The Labute approximate surface area is 242 Å². The molecule has 0 N–H and O–H groups in total. The zero-order valence-electron chi connectivity index (χ0n) is 23.4. The molecule has 8 nitrogen and oxygen atoms in total. The van der Waals surface area contributed by atoms with Crippen molar-refractivity contribution in [3.8, 4) is 17.2 Å². The molecule has 0 spiro atoms. The van der Waals surface area contributed by atoms with Crippen molar-refractivity contribution in [2.24, 2.45) is 4.99 Å². The second-order valence-corrected chi connectivity index (χ2v) is 10.8. The normalized spacial score (nSPS) is 15.1. The van der Waals surface area contributed by atoms with E-state index in [9.17, 15) is 9.59 Å². The third kappa shape index (κ3) is 5.95. The van der Waals surface area contributed by atoms with Crippen LogP contribution in [0.4, 0.5) is 0 Å². The fraction of sp³-hybridized carbons (Fsp3) is 0.367. The number of methoxy groups -OCH3 is 2. The van der Waals surface area contributed by atoms with E-state index in [4.69, 9.17) is 35.5 Å². The van der Waals surface area contributed by atoms with Crippen LogP contribution in [-0.2, 0) is 9.53 Å². The van der Waals surface area contributed by atoms with Crippen LogP contribution < -0.4 is 29.1 Å². The highest BCUT2D eigenvalue weighted by Crippen LogP contribution is 2.38. The lowest BCUT2D eigenvalue weighted by Gasteiger charge is -2.27. The van der Waals surface area contributed by atoms with Gasteiger partial charge in [-0.3, -0.25) is 9.36 Å². The van der Waals surface area contributed by atoms with Crippen molar-refractivity contribution in [2.45, 2.75) is 52.7 Å². The second kappa shape index (κ2) is 12.7. The molecule has 1 aliphatic rings. The smallest absolute Gasteiger partial charge is 0.338 e. The fourth-order valence-corrected chi connectivity index (χ4v) is 5.81. The van der Waals surface area contributed by atoms with Crippen LogP contribution in [0, 0.1) is 0 Å². The summed E-state index contributed by atoms with van der Waals surface area (Å²) in [7, 11) is 3.11. The number of allylic oxidation sites excluding steroid dienone is 1. The summed E-state index contributed by atoms with van der Waals surface area (Å²) in [5.74, 6) is 1.15. The van der Waals surface area contributed by atoms with E-state index in [0.29, 0.717) is 54.9 Å². The number of halogens is 1. The van der Waals surface area contributed by atoms with Gasteiger partial charge in [-0.25, -0.2) is 9.79 Å². The number of aromatic nitrogens is 1. The topological polar surface area (TPSA) is 88.4 Å². The van der Waals surface area contributed by atoms with Gasteiger partial charge in [-0.2, -0.15) is 0 Å². The third-order valence-corrected chi connectivity index (χ3v) is 7.44. The average molecular weight is 585 g/mol. The molecule has 0 bridgehead atoms. The fourth-order valence-electron chi connectivity index (χ4n) is 4.61. The summed E-state index contributed by atoms with van der Waals surface area (Å²) in [4.78, 5) is 32.7. The van der Waals surface area contributed by atoms with Gasteiger partial charge in [0.1, 0.15) is 11.8 Å². The van der Waals surface area contributed by atoms with Gasteiger partial charge >= 0.3 is 5.97 Å². The molecule has 10 heteroatoms. The number of hydrogen-bond acceptors (Lipinski definition) is 8. The largest absolute Gasteiger partial charge is 0.496 e. The number of carbonyl (C=O) groups excluding carboxylic acids is 1. The highest BCUT2D eigenvalue weighted by Gasteiger charge is 2.36. The Morgan fingerprint density at radius 3 is 2.48 bits per heavy atom. The van der Waals surface area contributed by atoms with Crippen molar-refractivity contribution >= 4 is 35.0 Å². The Kier molecular flexibility index (Phi) is 9.37. The maximum absolute atomic E-state index is 14.0. The molecule has 0 radical (unpaired) electrons. The number of thiazole rings is 1. The summed E-state index contributed by atoms with van der Waals surface area (Å²) in [6, 6.07) is 9.82. The molecule has 0 saturated heterocycles. The summed E-state index contributed by atoms with van der Waals surface area (Å²) in [6.45, 7) is 7.82. The van der Waals surface area contributed by atoms with Crippen LogP contribution in [0.3, 0.4) is 0 Å². The highest BCUT2D eigenvalue weighted by atomic mass is 35.5. The van der Waals surface area contributed by atoms with Crippen molar-refractivity contribution in [1.82, 2.24) is 4.57 Å². The van der Waals surface area contributed by atoms with E-state index < -0.39 is 12.0 Å². The van der Waals surface area contributed by atoms with Crippen LogP contribution in [0.5, 0.6) is 17.2 Å². The van der Waals surface area contributed by atoms with Crippen LogP contribution in [0.1, 0.15) is 57.7 Å². The van der Waals surface area contributed by atoms with Crippen molar-refractivity contribution in [3.63, 3.8) is 0 Å². The third-order valence-electron chi connectivity index (χ3n) is 6.23. The lowest BCUT2D eigenvalue weighted by Crippen LogP contribution is -2.40. The maximum atomic E-state index is 14.0. The van der Waals surface area contributed by atoms with Gasteiger partial charge < -0.3 is 18.9 Å². The van der Waals surface area contributed by atoms with Crippen molar-refractivity contribution < 1.29 is 23.7 Å². The summed E-state index contributed by atoms with van der Waals surface area (Å²) < 4.78 is 24.4. The molecule has 0 saturated carbocycles. The lowest BCUT2D eigenvalue weighted by molar-refractivity contribution is -0.139. The monoisotopic (exact) mass is 584 g/mol. The molecule has 0 amide bonds. The van der Waals surface area contributed by atoms with Crippen LogP contribution in [0.15, 0.2) is 57.5 Å². The molecule has 212 valence electrons. The first-order valence-corrected chi connectivity index (χ1v) is 14.3. The van der Waals surface area contributed by atoms with E-state index in [2.05, 4.69) is 0 Å². The minimum Gasteiger partial charge on any atom is -0.496 e. The number of fused-ring (bicyclic) bond motifs is 1. The van der Waals surface area contributed by atoms with Crippen LogP contribution in [0.2, 0.25) is 5.02 Å². The Morgan fingerprint density at radius 2 is 1.82 bits per heavy atom. The number of benzene rings is 2. The Hall–Kier alpha value is -3.56. The van der Waals surface area contributed by atoms with E-state index in [0.717, 1.165) is 12.0 Å². The molecule has 0 fully saturated rings. The van der Waals surface area contributed by atoms with Crippen molar-refractivity contribution in [2.75, 3.05) is 20.8 Å². The lowest BCUT2D eigenvalue weighted by atomic mass is 9.93. The molecule has 1 aromatic heterocycles. The Bertz CT molecular complexity index is 1620. The van der Waals surface area contributed by atoms with E-state index in [1.807, 2.05) is 39.0 Å². The Morgan fingerprint density at radius 1 is 1.10 bits per heavy atom. The highest BCUT2D eigenvalue weighted by molar-refractivity contribution is 7.07. The van der Waals surface area contributed by atoms with Gasteiger partial charge in [-0.15, -0.1) is 0 Å². The molecular formula is C30H33ClN2O6S. The minimum absolute atomic E-state index is 0.0159. The number of carbonyl (C=O) groups is 1. The Balaban J connectivity index is 1.98. The predicted molar refractivity (Wildman–Crippen MR) is 156 cm³/mol. The first-order valence-electron chi connectivity index (χ1n) is 13.1. The van der Waals surface area contributed by atoms with E-state index in [1.54, 1.807) is 38.3 Å². The number of nitrogens with zero attached hydrogens (tertiary/aromatic N) is 2. The number of rotatable bonds is 10. The molecule has 1 aliphatic heterocycles. The van der Waals surface area contributed by atoms with Crippen molar-refractivity contribution in [3.05, 3.63) is 83.5 Å². The predicted octanol–water partition coefficient (Wildman–Crippen LogP) is 5.04. The van der Waals surface area contributed by atoms with E-state index >= 15 is 0 Å². The first-order chi connectivity index (χ1) is 19.2. The van der Waals surface area contributed by atoms with Gasteiger partial charge in [0.05, 0.1) is 42.7 Å². The van der Waals surface area contributed by atoms with Crippen LogP contribution in [-0.4, -0.2) is 37.5 Å². The molecule has 0 aliphatic carbocycles. The second-order valence-electron chi connectivity index (χ2n) is 9.38. The zero-order valence-corrected chi connectivity index (χ0v) is 25.0. The van der Waals surface area contributed by atoms with Gasteiger partial charge in [0.2, 0.25) is 0 Å². The molecule has 2 aromatic carbocycles. The molecule has 4 rings (SSSR count). The molecule has 3 aromatic rings. The summed E-state index contributed by atoms with van der Waals surface area (Å²) in [5.41, 5.74) is 1.92. The maximum Gasteiger partial charge on any atom is 0.338 e. The molecule has 0 unspecified atom stereocenters. The van der Waals surface area contributed by atoms with Crippen LogP contribution >= 0.6 is 22.9 Å². The molecule has 40 heavy (non-hydrogen) atoms. The summed E-state index contributed by atoms with van der Waals surface area (Å²) in [6.07, 6.45) is 3.05. The van der Waals surface area contributed by atoms with Crippen molar-refractivity contribution in [1.29, 1.82) is 0 Å². The molecule has 1 atom stereocenters. The average Bonchev–Trinajstić information content (AvgIpc) is 3.22. The van der Waals surface area contributed by atoms with Gasteiger partial charge in [0, 0.05) is 10.6 Å². The zero-order chi connectivity index (χ0) is 29.0. The van der Waals surface area contributed by atoms with E-state index in [-0.39, 0.29) is 18.3 Å². The number of hydrogen-bond donors (Lipinski definition) is 0. The van der Waals surface area contributed by atoms with Crippen LogP contribution in [0.25, 0.3) is 6.08 Å². The summed E-state index contributed by atoms with van der Waals surface area (Å²) in [5, 5.41) is 0.450. The number of ether oxygens (including phenoxy) is 4. The molecule has 2 heterocycles. The number of esters is 1. The quantitative estimate of drug-likeness (QED) is 0.310. The van der Waals surface area contributed by atoms with Gasteiger partial charge in [0.15, 0.2) is 16.3 Å². The van der Waals surface area contributed by atoms with Gasteiger partial charge in [-0.05, 0) is 69.2 Å². The minimum atomic E-state index is -0.830. The SMILES string of the molecule is CCCC1=C(C(=O)OCC)[C@H](c2cc(Cl)ccc2OC)n2c(s/c(=C/c3ccc(OC(C)C)c(OC)c3)c2=O)=N1. The molecular weight excluding hydrogens is 552 g/mol. The standard InChI is InChI=1S/C30H33ClN2O6S/c1-7-9-21-26(29(35)38-8-2)27(20-16-19(31)11-13-22(20)36-5)33-28(34)25(40-30(33)32-21)15-18-10-12-23(39-17(3)4)24(14-18)37-6/h10-17,27H,7-9H2,1-6H3/b25-15+/t27-/m0/s1. The van der Waals surface area contributed by atoms with Gasteiger partial charge in [-0.1, -0.05) is 42.3 Å². The summed E-state index contributed by atoms with van der Waals surface area (Å²) >= 11 is 7.66. The first kappa shape index (κ1) is 29.4. The van der Waals surface area contributed by atoms with E-state index in [1.165, 1.54) is 23.0 Å².